The molecule has 0 aliphatic carbocycles. The van der Waals surface area contributed by atoms with E-state index >= 15 is 0 Å². The van der Waals surface area contributed by atoms with E-state index < -0.39 is 0 Å². The first-order chi connectivity index (χ1) is 9.26. The lowest BCUT2D eigenvalue weighted by atomic mass is 10.0. The van der Waals surface area contributed by atoms with Crippen molar-refractivity contribution in [2.75, 3.05) is 20.2 Å². The molecule has 1 aromatic rings. The van der Waals surface area contributed by atoms with E-state index in [0.29, 0.717) is 5.56 Å². The van der Waals surface area contributed by atoms with Crippen LogP contribution in [-0.4, -0.2) is 25.1 Å². The number of hydrogen-bond acceptors (Lipinski definition) is 3. The summed E-state index contributed by atoms with van der Waals surface area (Å²) in [6, 6.07) is 7.86. The van der Waals surface area contributed by atoms with Crippen molar-refractivity contribution in [1.29, 1.82) is 5.26 Å². The molecule has 1 fully saturated rings. The Balaban J connectivity index is 2.05. The second kappa shape index (κ2) is 6.58. The lowest BCUT2D eigenvalue weighted by molar-refractivity contribution is 0.305. The summed E-state index contributed by atoms with van der Waals surface area (Å²) >= 11 is 0. The molecule has 1 unspecified atom stereocenters. The van der Waals surface area contributed by atoms with Gasteiger partial charge in [0.25, 0.3) is 0 Å². The lowest BCUT2D eigenvalue weighted by Crippen LogP contribution is -2.20. The number of nitrogens with zero attached hydrogens (tertiary/aromatic N) is 2. The van der Waals surface area contributed by atoms with E-state index in [9.17, 15) is 0 Å². The Bertz CT molecular complexity index is 464. The number of hydrogen-bond donors (Lipinski definition) is 0. The van der Waals surface area contributed by atoms with Crippen molar-refractivity contribution < 1.29 is 4.74 Å². The molecule has 0 amide bonds. The molecule has 3 heteroatoms. The second-order valence-electron chi connectivity index (χ2n) is 5.32. The van der Waals surface area contributed by atoms with Gasteiger partial charge in [-0.05, 0) is 43.5 Å². The Morgan fingerprint density at radius 1 is 1.47 bits per heavy atom. The molecule has 0 N–H and O–H groups in total. The van der Waals surface area contributed by atoms with Crippen LogP contribution in [0.1, 0.15) is 37.3 Å². The van der Waals surface area contributed by atoms with E-state index in [-0.39, 0.29) is 0 Å². The van der Waals surface area contributed by atoms with Crippen LogP contribution in [0.3, 0.4) is 0 Å². The zero-order valence-corrected chi connectivity index (χ0v) is 11.9. The number of nitriles is 1. The largest absolute Gasteiger partial charge is 0.496 e. The average molecular weight is 258 g/mol. The molecule has 0 radical (unpaired) electrons. The third-order valence-corrected chi connectivity index (χ3v) is 3.87. The van der Waals surface area contributed by atoms with Gasteiger partial charge in [0.2, 0.25) is 0 Å². The fraction of sp³-hybridized carbons (Fsp3) is 0.562. The van der Waals surface area contributed by atoms with Crippen LogP contribution in [0.4, 0.5) is 0 Å². The molecule has 3 nitrogen and oxygen atoms in total. The zero-order chi connectivity index (χ0) is 13.7. The van der Waals surface area contributed by atoms with E-state index in [1.807, 2.05) is 18.2 Å². The Morgan fingerprint density at radius 3 is 3.00 bits per heavy atom. The molecule has 1 atom stereocenters. The van der Waals surface area contributed by atoms with Crippen molar-refractivity contribution in [3.8, 4) is 11.8 Å². The first-order valence-corrected chi connectivity index (χ1v) is 7.06. The highest BCUT2D eigenvalue weighted by Crippen LogP contribution is 2.26. The maximum atomic E-state index is 8.99. The molecule has 0 spiro atoms. The van der Waals surface area contributed by atoms with Crippen molar-refractivity contribution in [1.82, 2.24) is 4.90 Å². The third kappa shape index (κ3) is 3.48. The van der Waals surface area contributed by atoms with Crippen LogP contribution < -0.4 is 4.74 Å². The quantitative estimate of drug-likeness (QED) is 0.813. The lowest BCUT2D eigenvalue weighted by Gasteiger charge is -2.18. The summed E-state index contributed by atoms with van der Waals surface area (Å²) in [6.07, 6.45) is 3.89. The predicted molar refractivity (Wildman–Crippen MR) is 76.0 cm³/mol. The fourth-order valence-corrected chi connectivity index (χ4v) is 2.91. The summed E-state index contributed by atoms with van der Waals surface area (Å²) in [5.41, 5.74) is 1.83. The van der Waals surface area contributed by atoms with Crippen molar-refractivity contribution in [3.63, 3.8) is 0 Å². The first kappa shape index (κ1) is 13.9. The van der Waals surface area contributed by atoms with Crippen molar-refractivity contribution in [2.45, 2.75) is 32.7 Å². The van der Waals surface area contributed by atoms with E-state index in [2.05, 4.69) is 17.9 Å². The molecule has 1 aliphatic rings. The third-order valence-electron chi connectivity index (χ3n) is 3.87. The topological polar surface area (TPSA) is 36.3 Å². The van der Waals surface area contributed by atoms with E-state index in [0.717, 1.165) is 30.3 Å². The molecule has 1 heterocycles. The average Bonchev–Trinajstić information content (AvgIpc) is 2.86. The molecular formula is C16H22N2O. The highest BCUT2D eigenvalue weighted by atomic mass is 16.5. The number of ether oxygens (including phenoxy) is 1. The Hall–Kier alpha value is -1.53. The standard InChI is InChI=1S/C16H22N2O/c1-3-4-13-7-8-18(11-13)12-15-9-14(10-17)5-6-16(15)19-2/h5-6,9,13H,3-4,7-8,11-12H2,1-2H3. The molecule has 19 heavy (non-hydrogen) atoms. The maximum absolute atomic E-state index is 8.99. The number of likely N-dealkylation sites (tertiary alicyclic amines) is 1. The van der Waals surface area contributed by atoms with E-state index in [4.69, 9.17) is 10.00 Å². The summed E-state index contributed by atoms with van der Waals surface area (Å²) < 4.78 is 5.39. The first-order valence-electron chi connectivity index (χ1n) is 7.06. The highest BCUT2D eigenvalue weighted by molar-refractivity contribution is 5.42. The predicted octanol–water partition coefficient (Wildman–Crippen LogP) is 3.19. The van der Waals surface area contributed by atoms with Gasteiger partial charge in [0, 0.05) is 18.7 Å². The van der Waals surface area contributed by atoms with Gasteiger partial charge in [-0.3, -0.25) is 4.90 Å². The summed E-state index contributed by atoms with van der Waals surface area (Å²) in [5, 5.41) is 8.99. The van der Waals surface area contributed by atoms with Gasteiger partial charge < -0.3 is 4.74 Å². The van der Waals surface area contributed by atoms with Crippen LogP contribution in [-0.2, 0) is 6.54 Å². The molecule has 102 valence electrons. The second-order valence-corrected chi connectivity index (χ2v) is 5.32. The summed E-state index contributed by atoms with van der Waals surface area (Å²) in [5.74, 6) is 1.73. The molecule has 1 aromatic carbocycles. The van der Waals surface area contributed by atoms with Gasteiger partial charge in [0.05, 0.1) is 18.7 Å². The molecule has 0 bridgehead atoms. The summed E-state index contributed by atoms with van der Waals surface area (Å²) in [6.45, 7) is 5.47. The van der Waals surface area contributed by atoms with Gasteiger partial charge in [-0.25, -0.2) is 0 Å². The number of rotatable bonds is 5. The minimum absolute atomic E-state index is 0.708. The van der Waals surface area contributed by atoms with Gasteiger partial charge in [0.15, 0.2) is 0 Å². The van der Waals surface area contributed by atoms with E-state index in [1.165, 1.54) is 25.8 Å². The minimum Gasteiger partial charge on any atom is -0.496 e. The molecule has 0 saturated carbocycles. The Kier molecular flexibility index (Phi) is 4.81. The minimum atomic E-state index is 0.708. The van der Waals surface area contributed by atoms with Crippen molar-refractivity contribution in [2.24, 2.45) is 5.92 Å². The number of methoxy groups -OCH3 is 1. The maximum Gasteiger partial charge on any atom is 0.123 e. The SMILES string of the molecule is CCCC1CCN(Cc2cc(C#N)ccc2OC)C1. The van der Waals surface area contributed by atoms with Crippen molar-refractivity contribution in [3.05, 3.63) is 29.3 Å². The van der Waals surface area contributed by atoms with E-state index in [1.54, 1.807) is 7.11 Å². The Morgan fingerprint density at radius 2 is 2.32 bits per heavy atom. The molecule has 2 rings (SSSR count). The van der Waals surface area contributed by atoms with Gasteiger partial charge in [0.1, 0.15) is 5.75 Å². The number of benzene rings is 1. The van der Waals surface area contributed by atoms with Crippen LogP contribution in [0.2, 0.25) is 0 Å². The van der Waals surface area contributed by atoms with Crippen molar-refractivity contribution >= 4 is 0 Å². The fourth-order valence-electron chi connectivity index (χ4n) is 2.91. The molecule has 0 aromatic heterocycles. The van der Waals surface area contributed by atoms with Crippen LogP contribution in [0.15, 0.2) is 18.2 Å². The smallest absolute Gasteiger partial charge is 0.123 e. The summed E-state index contributed by atoms with van der Waals surface area (Å²) in [7, 11) is 1.69. The molecular weight excluding hydrogens is 236 g/mol. The monoisotopic (exact) mass is 258 g/mol. The van der Waals surface area contributed by atoms with Gasteiger partial charge in [-0.15, -0.1) is 0 Å². The van der Waals surface area contributed by atoms with Gasteiger partial charge in [-0.2, -0.15) is 5.26 Å². The molecule has 1 aliphatic heterocycles. The molecule has 1 saturated heterocycles. The Labute approximate surface area is 115 Å². The van der Waals surface area contributed by atoms with Crippen LogP contribution >= 0.6 is 0 Å². The summed E-state index contributed by atoms with van der Waals surface area (Å²) in [4.78, 5) is 2.47. The van der Waals surface area contributed by atoms with Gasteiger partial charge >= 0.3 is 0 Å². The van der Waals surface area contributed by atoms with Crippen LogP contribution in [0, 0.1) is 17.2 Å². The zero-order valence-electron chi connectivity index (χ0n) is 11.9. The highest BCUT2D eigenvalue weighted by Gasteiger charge is 2.22. The van der Waals surface area contributed by atoms with Crippen LogP contribution in [0.5, 0.6) is 5.75 Å². The van der Waals surface area contributed by atoms with Gasteiger partial charge in [-0.1, -0.05) is 13.3 Å². The van der Waals surface area contributed by atoms with Crippen LogP contribution in [0.25, 0.3) is 0 Å². The normalized spacial score (nSPS) is 19.3.